The Morgan fingerprint density at radius 3 is 2.37 bits per heavy atom. The molecule has 104 valence electrons. The molecule has 0 saturated carbocycles. The molecule has 0 spiro atoms. The van der Waals surface area contributed by atoms with Gasteiger partial charge < -0.3 is 9.84 Å². The van der Waals surface area contributed by atoms with Gasteiger partial charge in [-0.3, -0.25) is 0 Å². The van der Waals surface area contributed by atoms with Crippen LogP contribution in [0.5, 0.6) is 5.75 Å². The number of carboxylic acids is 1. The molecule has 0 aromatic heterocycles. The van der Waals surface area contributed by atoms with E-state index in [0.717, 1.165) is 0 Å². The van der Waals surface area contributed by atoms with Gasteiger partial charge in [0.05, 0.1) is 6.61 Å². The van der Waals surface area contributed by atoms with E-state index in [0.29, 0.717) is 10.8 Å². The van der Waals surface area contributed by atoms with Gasteiger partial charge in [0.1, 0.15) is 5.75 Å². The molecule has 0 fully saturated rings. The van der Waals surface area contributed by atoms with Gasteiger partial charge >= 0.3 is 12.1 Å². The van der Waals surface area contributed by atoms with E-state index in [1.807, 2.05) is 0 Å². The number of rotatable bonds is 5. The van der Waals surface area contributed by atoms with Crippen molar-refractivity contribution in [1.82, 2.24) is 0 Å². The molecule has 0 saturated heterocycles. The summed E-state index contributed by atoms with van der Waals surface area (Å²) in [6.07, 6.45) is -5.08. The van der Waals surface area contributed by atoms with E-state index in [1.165, 1.54) is 24.3 Å². The number of carboxylic acid groups (broad SMARTS) is 1. The van der Waals surface area contributed by atoms with Crippen LogP contribution in [0.25, 0.3) is 0 Å². The zero-order valence-corrected chi connectivity index (χ0v) is 10.3. The number of aliphatic carboxylic acids is 1. The normalized spacial score (nSPS) is 12.3. The first-order valence-corrected chi connectivity index (χ1v) is 5.56. The van der Waals surface area contributed by atoms with Crippen molar-refractivity contribution >= 4 is 17.6 Å². The minimum atomic E-state index is -4.68. The lowest BCUT2D eigenvalue weighted by molar-refractivity contribution is -0.132. The molecule has 0 radical (unpaired) electrons. The van der Waals surface area contributed by atoms with Crippen molar-refractivity contribution in [2.45, 2.75) is 12.6 Å². The molecule has 0 heterocycles. The molecular weight excluding hydrogens is 285 g/mol. The van der Waals surface area contributed by atoms with Gasteiger partial charge in [0.25, 0.3) is 0 Å². The summed E-state index contributed by atoms with van der Waals surface area (Å²) in [6, 6.07) is 6.09. The molecule has 7 heteroatoms. The van der Waals surface area contributed by atoms with Crippen molar-refractivity contribution in [1.29, 1.82) is 0 Å². The fourth-order valence-electron chi connectivity index (χ4n) is 1.25. The lowest BCUT2D eigenvalue weighted by atomic mass is 10.2. The minimum absolute atomic E-state index is 0.144. The molecule has 1 aromatic rings. The average Bonchev–Trinajstić information content (AvgIpc) is 2.28. The summed E-state index contributed by atoms with van der Waals surface area (Å²) in [5.74, 6) is -1.28. The molecule has 19 heavy (non-hydrogen) atoms. The van der Waals surface area contributed by atoms with Crippen molar-refractivity contribution in [3.8, 4) is 5.75 Å². The number of hydrogen-bond acceptors (Lipinski definition) is 2. The van der Waals surface area contributed by atoms with Crippen molar-refractivity contribution in [2.24, 2.45) is 0 Å². The smallest absolute Gasteiger partial charge is 0.413 e. The van der Waals surface area contributed by atoms with Gasteiger partial charge in [-0.05, 0) is 24.3 Å². The van der Waals surface area contributed by atoms with E-state index in [-0.39, 0.29) is 12.7 Å². The number of halogens is 4. The maximum Gasteiger partial charge on any atom is 0.413 e. The summed E-state index contributed by atoms with van der Waals surface area (Å²) in [5.41, 5.74) is -1.14. The van der Waals surface area contributed by atoms with Gasteiger partial charge in [-0.1, -0.05) is 11.6 Å². The number of ether oxygens (including phenoxy) is 1. The number of hydrogen-bond donors (Lipinski definition) is 1. The fourth-order valence-corrected chi connectivity index (χ4v) is 1.38. The topological polar surface area (TPSA) is 46.5 Å². The molecule has 1 aromatic carbocycles. The molecule has 0 amide bonds. The molecule has 1 N–H and O–H groups in total. The zero-order valence-electron chi connectivity index (χ0n) is 9.58. The Morgan fingerprint density at radius 2 is 1.89 bits per heavy atom. The highest BCUT2D eigenvalue weighted by molar-refractivity contribution is 6.30. The monoisotopic (exact) mass is 294 g/mol. The van der Waals surface area contributed by atoms with Crippen LogP contribution in [-0.4, -0.2) is 23.9 Å². The second-order valence-corrected chi connectivity index (χ2v) is 3.99. The Bertz CT molecular complexity index is 466. The Balaban J connectivity index is 2.58. The summed E-state index contributed by atoms with van der Waals surface area (Å²) < 4.78 is 42.4. The highest BCUT2D eigenvalue weighted by Gasteiger charge is 2.33. The van der Waals surface area contributed by atoms with Crippen LogP contribution in [0, 0.1) is 0 Å². The van der Waals surface area contributed by atoms with E-state index in [1.54, 1.807) is 0 Å². The van der Waals surface area contributed by atoms with Gasteiger partial charge in [-0.2, -0.15) is 13.2 Å². The largest absolute Gasteiger partial charge is 0.493 e. The maximum atomic E-state index is 12.5. The van der Waals surface area contributed by atoms with Crippen molar-refractivity contribution in [3.63, 3.8) is 0 Å². The predicted octanol–water partition coefficient (Wildman–Crippen LogP) is 3.68. The standard InChI is InChI=1S/C12H10ClF3O3/c13-9-1-3-10(4-2-9)19-6-5-8(7-11(17)18)12(14,15)16/h1-4,7H,5-6H2,(H,17,18)/b8-7+. The summed E-state index contributed by atoms with van der Waals surface area (Å²) in [4.78, 5) is 10.3. The molecular formula is C12H10ClF3O3. The highest BCUT2D eigenvalue weighted by atomic mass is 35.5. The zero-order chi connectivity index (χ0) is 14.5. The second-order valence-electron chi connectivity index (χ2n) is 3.56. The summed E-state index contributed by atoms with van der Waals surface area (Å²) in [6.45, 7) is -0.278. The quantitative estimate of drug-likeness (QED) is 0.843. The Kier molecular flexibility index (Phi) is 5.23. The van der Waals surface area contributed by atoms with E-state index in [4.69, 9.17) is 21.4 Å². The van der Waals surface area contributed by atoms with Gasteiger partial charge in [0.15, 0.2) is 0 Å². The number of alkyl halides is 3. The van der Waals surface area contributed by atoms with E-state index in [2.05, 4.69) is 0 Å². The molecule has 0 aliphatic heterocycles. The molecule has 0 aliphatic carbocycles. The molecule has 0 bridgehead atoms. The lowest BCUT2D eigenvalue weighted by Crippen LogP contribution is -2.16. The second kappa shape index (κ2) is 6.47. The van der Waals surface area contributed by atoms with Crippen LogP contribution in [0.4, 0.5) is 13.2 Å². The summed E-state index contributed by atoms with van der Waals surface area (Å²) in [5, 5.41) is 8.84. The maximum absolute atomic E-state index is 12.5. The summed E-state index contributed by atoms with van der Waals surface area (Å²) >= 11 is 5.63. The van der Waals surface area contributed by atoms with E-state index < -0.39 is 24.1 Å². The van der Waals surface area contributed by atoms with Crippen LogP contribution in [0.3, 0.4) is 0 Å². The number of carbonyl (C=O) groups is 1. The lowest BCUT2D eigenvalue weighted by Gasteiger charge is -2.12. The van der Waals surface area contributed by atoms with Crippen LogP contribution in [0.15, 0.2) is 35.9 Å². The van der Waals surface area contributed by atoms with E-state index in [9.17, 15) is 18.0 Å². The third-order valence-corrected chi connectivity index (χ3v) is 2.37. The van der Waals surface area contributed by atoms with Crippen molar-refractivity contribution in [3.05, 3.63) is 40.9 Å². The van der Waals surface area contributed by atoms with Gasteiger partial charge in [-0.15, -0.1) is 0 Å². The first kappa shape index (κ1) is 15.4. The third kappa shape index (κ3) is 5.65. The van der Waals surface area contributed by atoms with Crippen LogP contribution >= 0.6 is 11.6 Å². The van der Waals surface area contributed by atoms with E-state index >= 15 is 0 Å². The average molecular weight is 295 g/mol. The van der Waals surface area contributed by atoms with Gasteiger partial charge in [0.2, 0.25) is 0 Å². The third-order valence-electron chi connectivity index (χ3n) is 2.12. The first-order valence-electron chi connectivity index (χ1n) is 5.18. The van der Waals surface area contributed by atoms with Crippen molar-refractivity contribution in [2.75, 3.05) is 6.61 Å². The van der Waals surface area contributed by atoms with Crippen LogP contribution in [0.2, 0.25) is 5.02 Å². The Hall–Kier alpha value is -1.69. The van der Waals surface area contributed by atoms with Crippen LogP contribution < -0.4 is 4.74 Å². The van der Waals surface area contributed by atoms with Crippen LogP contribution in [-0.2, 0) is 4.79 Å². The van der Waals surface area contributed by atoms with Gasteiger partial charge in [-0.25, -0.2) is 4.79 Å². The molecule has 1 rings (SSSR count). The summed E-state index contributed by atoms with van der Waals surface area (Å²) in [7, 11) is 0. The fraction of sp³-hybridized carbons (Fsp3) is 0.250. The SMILES string of the molecule is O=C(O)/C=C(\CCOc1ccc(Cl)cc1)C(F)(F)F. The number of benzene rings is 1. The molecule has 3 nitrogen and oxygen atoms in total. The molecule has 0 aliphatic rings. The Morgan fingerprint density at radius 1 is 1.32 bits per heavy atom. The van der Waals surface area contributed by atoms with Crippen LogP contribution in [0.1, 0.15) is 6.42 Å². The Labute approximate surface area is 112 Å². The highest BCUT2D eigenvalue weighted by Crippen LogP contribution is 2.28. The predicted molar refractivity (Wildman–Crippen MR) is 63.3 cm³/mol. The first-order chi connectivity index (χ1) is 8.79. The minimum Gasteiger partial charge on any atom is -0.493 e. The van der Waals surface area contributed by atoms with Crippen molar-refractivity contribution < 1.29 is 27.8 Å². The molecule has 0 atom stereocenters. The van der Waals surface area contributed by atoms with Gasteiger partial charge in [0, 0.05) is 23.1 Å². The molecule has 0 unspecified atom stereocenters.